The molecule has 1 aromatic heterocycles. The van der Waals surface area contributed by atoms with Gasteiger partial charge in [-0.25, -0.2) is 4.39 Å². The Morgan fingerprint density at radius 3 is 2.50 bits per heavy atom. The Balaban J connectivity index is 1.57. The summed E-state index contributed by atoms with van der Waals surface area (Å²) in [5.74, 6) is 1.24. The zero-order valence-corrected chi connectivity index (χ0v) is 17.4. The zero-order valence-electron chi connectivity index (χ0n) is 17.4. The lowest BCUT2D eigenvalue weighted by atomic mass is 9.81. The maximum Gasteiger partial charge on any atom is 0.198 e. The number of hydrogen-bond donors (Lipinski definition) is 1. The van der Waals surface area contributed by atoms with Crippen molar-refractivity contribution in [1.29, 1.82) is 0 Å². The lowest BCUT2D eigenvalue weighted by Crippen LogP contribution is -2.40. The van der Waals surface area contributed by atoms with Crippen LogP contribution in [0.2, 0.25) is 0 Å². The maximum absolute atomic E-state index is 14.9. The van der Waals surface area contributed by atoms with Gasteiger partial charge in [0.15, 0.2) is 11.8 Å². The van der Waals surface area contributed by atoms with E-state index in [-0.39, 0.29) is 5.82 Å². The number of piperidine rings is 1. The van der Waals surface area contributed by atoms with Crippen molar-refractivity contribution in [3.63, 3.8) is 0 Å². The summed E-state index contributed by atoms with van der Waals surface area (Å²) in [4.78, 5) is 6.49. The lowest BCUT2D eigenvalue weighted by Gasteiger charge is -2.27. The second-order valence-corrected chi connectivity index (χ2v) is 8.25. The summed E-state index contributed by atoms with van der Waals surface area (Å²) in [6, 6.07) is 16.6. The van der Waals surface area contributed by atoms with Gasteiger partial charge in [0.05, 0.1) is 5.41 Å². The van der Waals surface area contributed by atoms with Crippen LogP contribution in [-0.4, -0.2) is 29.1 Å². The highest BCUT2D eigenvalue weighted by molar-refractivity contribution is 5.80. The van der Waals surface area contributed by atoms with E-state index < -0.39 is 5.41 Å². The average molecular weight is 407 g/mol. The van der Waals surface area contributed by atoms with Crippen molar-refractivity contribution in [2.75, 3.05) is 13.1 Å². The fourth-order valence-electron chi connectivity index (χ4n) is 3.82. The molecule has 3 aromatic rings. The van der Waals surface area contributed by atoms with Gasteiger partial charge in [0.25, 0.3) is 0 Å². The first-order valence-corrected chi connectivity index (χ1v) is 10.4. The summed E-state index contributed by atoms with van der Waals surface area (Å²) in [5, 5.41) is 4.07. The number of hydrogen-bond acceptors (Lipinski definition) is 3. The van der Waals surface area contributed by atoms with E-state index in [1.165, 1.54) is 6.42 Å². The van der Waals surface area contributed by atoms with Gasteiger partial charge in [-0.3, -0.25) is 0 Å². The van der Waals surface area contributed by atoms with Gasteiger partial charge in [0.1, 0.15) is 11.6 Å². The molecule has 2 aromatic carbocycles. The molecule has 2 N–H and O–H groups in total. The molecule has 0 spiro atoms. The fourth-order valence-corrected chi connectivity index (χ4v) is 3.82. The molecule has 0 aliphatic carbocycles. The Hall–Kier alpha value is -3.15. The number of halogens is 1. The van der Waals surface area contributed by atoms with E-state index in [0.29, 0.717) is 23.1 Å². The quantitative estimate of drug-likeness (QED) is 0.475. The predicted molar refractivity (Wildman–Crippen MR) is 117 cm³/mol. The molecular weight excluding hydrogens is 379 g/mol. The number of aliphatic imine (C=N–C) groups is 1. The molecule has 1 fully saturated rings. The summed E-state index contributed by atoms with van der Waals surface area (Å²) < 4.78 is 20.4. The minimum absolute atomic E-state index is 0.265. The van der Waals surface area contributed by atoms with Gasteiger partial charge in [-0.05, 0) is 50.3 Å². The van der Waals surface area contributed by atoms with Crippen molar-refractivity contribution in [3.8, 4) is 11.1 Å². The number of guanidine groups is 1. The molecule has 156 valence electrons. The second-order valence-electron chi connectivity index (χ2n) is 8.25. The molecule has 2 heterocycles. The number of rotatable bonds is 4. The van der Waals surface area contributed by atoms with Crippen LogP contribution in [0.25, 0.3) is 11.1 Å². The molecule has 4 rings (SSSR count). The van der Waals surface area contributed by atoms with Crippen LogP contribution in [0.3, 0.4) is 0 Å². The van der Waals surface area contributed by atoms with Crippen LogP contribution >= 0.6 is 0 Å². The number of nitrogens with zero attached hydrogens (tertiary/aromatic N) is 3. The minimum Gasteiger partial charge on any atom is -0.369 e. The Morgan fingerprint density at radius 1 is 1.07 bits per heavy atom. The van der Waals surface area contributed by atoms with E-state index in [9.17, 15) is 4.39 Å². The third kappa shape index (κ3) is 4.08. The van der Waals surface area contributed by atoms with Gasteiger partial charge in [-0.1, -0.05) is 47.6 Å². The topological polar surface area (TPSA) is 67.7 Å². The van der Waals surface area contributed by atoms with Gasteiger partial charge < -0.3 is 15.2 Å². The summed E-state index contributed by atoms with van der Waals surface area (Å²) in [6.07, 6.45) is 3.47. The third-order valence-corrected chi connectivity index (χ3v) is 5.80. The predicted octanol–water partition coefficient (Wildman–Crippen LogP) is 5.24. The molecule has 0 amide bonds. The molecule has 1 aliphatic rings. The molecule has 0 radical (unpaired) electrons. The van der Waals surface area contributed by atoms with Crippen LogP contribution in [0.4, 0.5) is 10.2 Å². The zero-order chi connectivity index (χ0) is 21.1. The van der Waals surface area contributed by atoms with E-state index in [4.69, 9.17) is 10.3 Å². The van der Waals surface area contributed by atoms with Crippen LogP contribution in [0.1, 0.15) is 44.4 Å². The summed E-state index contributed by atoms with van der Waals surface area (Å²) in [5.41, 5.74) is 7.80. The first-order chi connectivity index (χ1) is 14.4. The SMILES string of the molecule is CC(C)(c1ccc(-c2ccccc2)c(F)c1)c1cc(/N=C(/N)N2CCCCC2)no1. The molecular formula is C24H27FN4O. The molecule has 0 saturated carbocycles. The molecule has 5 nitrogen and oxygen atoms in total. The second kappa shape index (κ2) is 8.30. The van der Waals surface area contributed by atoms with Gasteiger partial charge in [-0.15, -0.1) is 0 Å². The van der Waals surface area contributed by atoms with Crippen molar-refractivity contribution >= 4 is 11.8 Å². The number of likely N-dealkylation sites (tertiary alicyclic amines) is 1. The van der Waals surface area contributed by atoms with Crippen LogP contribution < -0.4 is 5.73 Å². The highest BCUT2D eigenvalue weighted by Gasteiger charge is 2.29. The van der Waals surface area contributed by atoms with Gasteiger partial charge in [-0.2, -0.15) is 4.99 Å². The van der Waals surface area contributed by atoms with E-state index in [1.54, 1.807) is 12.1 Å². The van der Waals surface area contributed by atoms with E-state index in [0.717, 1.165) is 37.1 Å². The molecule has 1 saturated heterocycles. The van der Waals surface area contributed by atoms with Crippen molar-refractivity contribution in [3.05, 3.63) is 71.7 Å². The Kier molecular flexibility index (Phi) is 5.57. The van der Waals surface area contributed by atoms with E-state index >= 15 is 0 Å². The molecule has 0 bridgehead atoms. The van der Waals surface area contributed by atoms with Gasteiger partial charge in [0, 0.05) is 24.7 Å². The summed E-state index contributed by atoms with van der Waals surface area (Å²) >= 11 is 0. The van der Waals surface area contributed by atoms with Crippen molar-refractivity contribution in [2.45, 2.75) is 38.5 Å². The van der Waals surface area contributed by atoms with Crippen molar-refractivity contribution < 1.29 is 8.91 Å². The van der Waals surface area contributed by atoms with Crippen LogP contribution in [-0.2, 0) is 5.41 Å². The van der Waals surface area contributed by atoms with Crippen molar-refractivity contribution in [1.82, 2.24) is 10.1 Å². The molecule has 6 heteroatoms. The number of aromatic nitrogens is 1. The van der Waals surface area contributed by atoms with E-state index in [2.05, 4.69) is 15.0 Å². The van der Waals surface area contributed by atoms with Crippen LogP contribution in [0.15, 0.2) is 64.1 Å². The lowest BCUT2D eigenvalue weighted by molar-refractivity contribution is 0.336. The standard InChI is InChI=1S/C24H27FN4O/c1-24(2,18-11-12-19(20(25)15-18)17-9-5-3-6-10-17)21-16-22(28-30-21)27-23(26)29-13-7-4-8-14-29/h3,5-6,9-12,15-16H,4,7-8,13-14H2,1-2H3,(H2,26,27,28). The largest absolute Gasteiger partial charge is 0.369 e. The Morgan fingerprint density at radius 2 is 1.80 bits per heavy atom. The average Bonchev–Trinajstić information content (AvgIpc) is 3.24. The summed E-state index contributed by atoms with van der Waals surface area (Å²) in [6.45, 7) is 5.79. The van der Waals surface area contributed by atoms with Crippen molar-refractivity contribution in [2.24, 2.45) is 10.7 Å². The van der Waals surface area contributed by atoms with Gasteiger partial charge in [0.2, 0.25) is 0 Å². The molecule has 0 unspecified atom stereocenters. The molecule has 0 atom stereocenters. The van der Waals surface area contributed by atoms with Crippen LogP contribution in [0, 0.1) is 5.82 Å². The first-order valence-electron chi connectivity index (χ1n) is 10.4. The number of nitrogens with two attached hydrogens (primary N) is 1. The molecule has 1 aliphatic heterocycles. The Bertz CT molecular complexity index is 1040. The molecule has 30 heavy (non-hydrogen) atoms. The smallest absolute Gasteiger partial charge is 0.198 e. The normalized spacial score (nSPS) is 15.4. The van der Waals surface area contributed by atoms with E-state index in [1.807, 2.05) is 56.3 Å². The highest BCUT2D eigenvalue weighted by Crippen LogP contribution is 2.35. The maximum atomic E-state index is 14.9. The first kappa shape index (κ1) is 20.1. The third-order valence-electron chi connectivity index (χ3n) is 5.80. The van der Waals surface area contributed by atoms with Crippen LogP contribution in [0.5, 0.6) is 0 Å². The minimum atomic E-state index is -0.573. The number of benzene rings is 2. The Labute approximate surface area is 176 Å². The van der Waals surface area contributed by atoms with Gasteiger partial charge >= 0.3 is 0 Å². The monoisotopic (exact) mass is 406 g/mol. The summed E-state index contributed by atoms with van der Waals surface area (Å²) in [7, 11) is 0. The highest BCUT2D eigenvalue weighted by atomic mass is 19.1. The fraction of sp³-hybridized carbons (Fsp3) is 0.333.